The Morgan fingerprint density at radius 3 is 3.04 bits per heavy atom. The quantitative estimate of drug-likeness (QED) is 0.915. The van der Waals surface area contributed by atoms with Crippen LogP contribution in [0.4, 0.5) is 5.69 Å². The number of carbonyl (C=O) groups excluding carboxylic acids is 1. The van der Waals surface area contributed by atoms with Gasteiger partial charge in [0.1, 0.15) is 5.75 Å². The van der Waals surface area contributed by atoms with E-state index in [0.717, 1.165) is 30.1 Å². The van der Waals surface area contributed by atoms with Crippen molar-refractivity contribution in [2.45, 2.75) is 32.9 Å². The minimum atomic E-state index is -0.482. The summed E-state index contributed by atoms with van der Waals surface area (Å²) in [5, 5.41) is 2.92. The number of para-hydroxylation sites is 2. The zero-order chi connectivity index (χ0) is 16.2. The van der Waals surface area contributed by atoms with Crippen molar-refractivity contribution in [1.82, 2.24) is 10.3 Å². The maximum Gasteiger partial charge on any atom is 0.262 e. The van der Waals surface area contributed by atoms with E-state index in [1.165, 1.54) is 4.88 Å². The normalized spacial score (nSPS) is 16.6. The van der Waals surface area contributed by atoms with E-state index in [1.807, 2.05) is 43.6 Å². The molecule has 0 aliphatic carbocycles. The number of amides is 1. The molecule has 0 fully saturated rings. The van der Waals surface area contributed by atoms with Crippen molar-refractivity contribution in [1.29, 1.82) is 0 Å². The molecule has 1 aromatic heterocycles. The van der Waals surface area contributed by atoms with Crippen LogP contribution >= 0.6 is 11.3 Å². The van der Waals surface area contributed by atoms with Gasteiger partial charge in [-0.25, -0.2) is 4.98 Å². The van der Waals surface area contributed by atoms with Gasteiger partial charge in [-0.1, -0.05) is 19.1 Å². The fourth-order valence-corrected chi connectivity index (χ4v) is 3.40. The molecule has 3 rings (SSSR count). The first-order valence-electron chi connectivity index (χ1n) is 7.86. The molecule has 0 bridgehead atoms. The van der Waals surface area contributed by atoms with E-state index in [-0.39, 0.29) is 5.91 Å². The standard InChI is InChI=1S/C17H21N3O2S/c1-3-8-18-17(21)15-9-20(10-16-12(2)19-11-23-16)13-6-4-5-7-14(13)22-15/h4-7,11,15H,3,8-10H2,1-2H3,(H,18,21)/t15-/m1/s1. The first-order chi connectivity index (χ1) is 11.2. The number of carbonyl (C=O) groups is 1. The summed E-state index contributed by atoms with van der Waals surface area (Å²) in [6.07, 6.45) is 0.434. The second-order valence-corrected chi connectivity index (χ2v) is 6.55. The Kier molecular flexibility index (Phi) is 4.81. The first-order valence-corrected chi connectivity index (χ1v) is 8.74. The van der Waals surface area contributed by atoms with Gasteiger partial charge >= 0.3 is 0 Å². The lowest BCUT2D eigenvalue weighted by atomic mass is 10.1. The van der Waals surface area contributed by atoms with Crippen LogP contribution in [-0.4, -0.2) is 30.1 Å². The molecule has 5 nitrogen and oxygen atoms in total. The fourth-order valence-electron chi connectivity index (χ4n) is 2.61. The number of nitrogens with one attached hydrogen (secondary N) is 1. The van der Waals surface area contributed by atoms with Crippen LogP contribution < -0.4 is 15.0 Å². The van der Waals surface area contributed by atoms with Crippen LogP contribution in [0.3, 0.4) is 0 Å². The van der Waals surface area contributed by atoms with Crippen LogP contribution in [-0.2, 0) is 11.3 Å². The van der Waals surface area contributed by atoms with Crippen molar-refractivity contribution in [3.8, 4) is 5.75 Å². The fraction of sp³-hybridized carbons (Fsp3) is 0.412. The highest BCUT2D eigenvalue weighted by Gasteiger charge is 2.30. The Hall–Kier alpha value is -2.08. The summed E-state index contributed by atoms with van der Waals surface area (Å²) in [5.41, 5.74) is 3.94. The van der Waals surface area contributed by atoms with Gasteiger partial charge in [-0.15, -0.1) is 11.3 Å². The number of hydrogen-bond donors (Lipinski definition) is 1. The topological polar surface area (TPSA) is 54.5 Å². The van der Waals surface area contributed by atoms with E-state index < -0.39 is 6.10 Å². The van der Waals surface area contributed by atoms with Crippen LogP contribution in [0.5, 0.6) is 5.75 Å². The zero-order valence-corrected chi connectivity index (χ0v) is 14.2. The largest absolute Gasteiger partial charge is 0.477 e. The van der Waals surface area contributed by atoms with Crippen LogP contribution in [0.1, 0.15) is 23.9 Å². The second-order valence-electron chi connectivity index (χ2n) is 5.61. The number of aromatic nitrogens is 1. The van der Waals surface area contributed by atoms with Crippen molar-refractivity contribution in [3.63, 3.8) is 0 Å². The molecule has 2 aromatic rings. The Bertz CT molecular complexity index is 686. The van der Waals surface area contributed by atoms with Gasteiger partial charge in [0.15, 0.2) is 6.10 Å². The van der Waals surface area contributed by atoms with E-state index in [9.17, 15) is 4.79 Å². The SMILES string of the molecule is CCCNC(=O)[C@H]1CN(Cc2scnc2C)c2ccccc2O1. The Morgan fingerprint density at radius 2 is 2.30 bits per heavy atom. The van der Waals surface area contributed by atoms with E-state index in [4.69, 9.17) is 4.74 Å². The molecule has 122 valence electrons. The number of hydrogen-bond acceptors (Lipinski definition) is 5. The summed E-state index contributed by atoms with van der Waals surface area (Å²) in [6.45, 7) is 6.02. The number of rotatable bonds is 5. The number of aryl methyl sites for hydroxylation is 1. The molecule has 6 heteroatoms. The molecule has 0 unspecified atom stereocenters. The number of anilines is 1. The summed E-state index contributed by atoms with van der Waals surface area (Å²) in [4.78, 5) is 20.0. The van der Waals surface area contributed by atoms with Crippen LogP contribution in [0.25, 0.3) is 0 Å². The Morgan fingerprint density at radius 1 is 1.48 bits per heavy atom. The van der Waals surface area contributed by atoms with Gasteiger partial charge in [0.25, 0.3) is 5.91 Å². The third kappa shape index (κ3) is 3.47. The highest BCUT2D eigenvalue weighted by atomic mass is 32.1. The maximum absolute atomic E-state index is 12.3. The molecule has 0 saturated heterocycles. The Balaban J connectivity index is 1.82. The summed E-state index contributed by atoms with van der Waals surface area (Å²) in [5.74, 6) is 0.713. The summed E-state index contributed by atoms with van der Waals surface area (Å²) in [6, 6.07) is 7.88. The third-order valence-electron chi connectivity index (χ3n) is 3.88. The molecule has 1 amide bonds. The van der Waals surface area contributed by atoms with E-state index in [1.54, 1.807) is 11.3 Å². The van der Waals surface area contributed by atoms with E-state index in [2.05, 4.69) is 15.2 Å². The Labute approximate surface area is 140 Å². The smallest absolute Gasteiger partial charge is 0.262 e. The van der Waals surface area contributed by atoms with Crippen molar-refractivity contribution in [3.05, 3.63) is 40.3 Å². The average molecular weight is 331 g/mol. The van der Waals surface area contributed by atoms with Gasteiger partial charge in [-0.3, -0.25) is 4.79 Å². The molecule has 2 heterocycles. The lowest BCUT2D eigenvalue weighted by Gasteiger charge is -2.35. The zero-order valence-electron chi connectivity index (χ0n) is 13.4. The number of ether oxygens (including phenoxy) is 1. The van der Waals surface area contributed by atoms with Gasteiger partial charge < -0.3 is 15.0 Å². The monoisotopic (exact) mass is 331 g/mol. The van der Waals surface area contributed by atoms with Crippen LogP contribution in [0, 0.1) is 6.92 Å². The molecule has 23 heavy (non-hydrogen) atoms. The first kappa shape index (κ1) is 15.8. The molecule has 1 atom stereocenters. The molecule has 0 saturated carbocycles. The number of fused-ring (bicyclic) bond motifs is 1. The van der Waals surface area contributed by atoms with E-state index >= 15 is 0 Å². The number of thiazole rings is 1. The van der Waals surface area contributed by atoms with Crippen molar-refractivity contribution < 1.29 is 9.53 Å². The summed E-state index contributed by atoms with van der Waals surface area (Å²) in [7, 11) is 0. The molecule has 1 aliphatic rings. The van der Waals surface area contributed by atoms with Gasteiger partial charge in [-0.2, -0.15) is 0 Å². The van der Waals surface area contributed by atoms with Gasteiger partial charge in [0, 0.05) is 11.4 Å². The molecular formula is C17H21N3O2S. The number of benzene rings is 1. The van der Waals surface area contributed by atoms with Crippen molar-refractivity contribution in [2.24, 2.45) is 0 Å². The predicted molar refractivity (Wildman–Crippen MR) is 92.1 cm³/mol. The lowest BCUT2D eigenvalue weighted by Crippen LogP contribution is -2.48. The third-order valence-corrected chi connectivity index (χ3v) is 4.80. The average Bonchev–Trinajstić information content (AvgIpc) is 2.97. The molecule has 0 spiro atoms. The molecule has 1 aromatic carbocycles. The highest BCUT2D eigenvalue weighted by molar-refractivity contribution is 7.09. The second kappa shape index (κ2) is 7.00. The van der Waals surface area contributed by atoms with Crippen LogP contribution in [0.15, 0.2) is 29.8 Å². The summed E-state index contributed by atoms with van der Waals surface area (Å²) < 4.78 is 5.90. The lowest BCUT2D eigenvalue weighted by molar-refractivity contribution is -0.127. The van der Waals surface area contributed by atoms with Gasteiger partial charge in [0.05, 0.1) is 30.0 Å². The van der Waals surface area contributed by atoms with Gasteiger partial charge in [0.2, 0.25) is 0 Å². The number of nitrogens with zero attached hydrogens (tertiary/aromatic N) is 2. The van der Waals surface area contributed by atoms with E-state index in [0.29, 0.717) is 13.1 Å². The maximum atomic E-state index is 12.3. The summed E-state index contributed by atoms with van der Waals surface area (Å²) >= 11 is 1.65. The van der Waals surface area contributed by atoms with Crippen molar-refractivity contribution >= 4 is 22.9 Å². The predicted octanol–water partition coefficient (Wildman–Crippen LogP) is 2.75. The minimum absolute atomic E-state index is 0.0487. The molecule has 0 radical (unpaired) electrons. The van der Waals surface area contributed by atoms with Crippen molar-refractivity contribution in [2.75, 3.05) is 18.0 Å². The highest BCUT2D eigenvalue weighted by Crippen LogP contribution is 2.34. The molecule has 1 aliphatic heterocycles. The van der Waals surface area contributed by atoms with Gasteiger partial charge in [-0.05, 0) is 25.5 Å². The minimum Gasteiger partial charge on any atom is -0.477 e. The molecular weight excluding hydrogens is 310 g/mol. The molecule has 1 N–H and O–H groups in total. The van der Waals surface area contributed by atoms with Crippen LogP contribution in [0.2, 0.25) is 0 Å².